The fourth-order valence-electron chi connectivity index (χ4n) is 2.27. The molecule has 0 bridgehead atoms. The van der Waals surface area contributed by atoms with Crippen molar-refractivity contribution in [2.24, 2.45) is 0 Å². The van der Waals surface area contributed by atoms with Crippen molar-refractivity contribution in [3.8, 4) is 0 Å². The van der Waals surface area contributed by atoms with Gasteiger partial charge in [-0.25, -0.2) is 8.78 Å². The standard InChI is InChI=1S/C10H9ClF2.C9H9Cl.CH4/c1-9(6-10(9,12)13)7-2-4-8(11)5-3-7;1-7(2)8-3-5-9(10)6-4-8;/h2-5H,6H2,1H3;3-6H,1H2,2H3;1H4. The second kappa shape index (κ2) is 7.67. The summed E-state index contributed by atoms with van der Waals surface area (Å²) in [5, 5.41) is 1.35. The number of alkyl halides is 2. The molecular weight excluding hydrogens is 349 g/mol. The minimum Gasteiger partial charge on any atom is -0.206 e. The molecule has 1 fully saturated rings. The van der Waals surface area contributed by atoms with E-state index < -0.39 is 11.3 Å². The molecule has 3 rings (SSSR count). The van der Waals surface area contributed by atoms with Crippen LogP contribution in [0.3, 0.4) is 0 Å². The Hall–Kier alpha value is -1.38. The van der Waals surface area contributed by atoms with Crippen molar-refractivity contribution in [2.45, 2.75) is 39.0 Å². The molecule has 0 aliphatic heterocycles. The average molecular weight is 371 g/mol. The number of allylic oxidation sites excluding steroid dienone is 1. The number of rotatable bonds is 2. The molecular formula is C20H22Cl2F2. The first-order valence-electron chi connectivity index (χ1n) is 7.21. The van der Waals surface area contributed by atoms with Crippen LogP contribution in [0.15, 0.2) is 55.1 Å². The highest BCUT2D eigenvalue weighted by Crippen LogP contribution is 2.61. The van der Waals surface area contributed by atoms with Gasteiger partial charge in [-0.2, -0.15) is 0 Å². The number of halogens is 4. The molecule has 0 heterocycles. The van der Waals surface area contributed by atoms with E-state index in [4.69, 9.17) is 23.2 Å². The molecule has 0 N–H and O–H groups in total. The Bertz CT molecular complexity index is 691. The SMILES string of the molecule is C.C=C(C)c1ccc(Cl)cc1.CC1(c2ccc(Cl)cc2)CC1(F)F. The van der Waals surface area contributed by atoms with Gasteiger partial charge in [-0.05, 0) is 49.2 Å². The van der Waals surface area contributed by atoms with Crippen LogP contribution in [0.4, 0.5) is 8.78 Å². The summed E-state index contributed by atoms with van der Waals surface area (Å²) in [7, 11) is 0. The summed E-state index contributed by atoms with van der Waals surface area (Å²) in [6.45, 7) is 7.37. The van der Waals surface area contributed by atoms with Gasteiger partial charge in [0.15, 0.2) is 0 Å². The van der Waals surface area contributed by atoms with Crippen LogP contribution >= 0.6 is 23.2 Å². The molecule has 0 amide bonds. The molecule has 0 radical (unpaired) electrons. The zero-order chi connectivity index (χ0) is 17.3. The smallest absolute Gasteiger partial charge is 0.206 e. The topological polar surface area (TPSA) is 0 Å². The highest BCUT2D eigenvalue weighted by atomic mass is 35.5. The first kappa shape index (κ1) is 20.7. The van der Waals surface area contributed by atoms with E-state index in [1.807, 2.05) is 31.2 Å². The van der Waals surface area contributed by atoms with Crippen molar-refractivity contribution < 1.29 is 8.78 Å². The van der Waals surface area contributed by atoms with E-state index in [2.05, 4.69) is 6.58 Å². The van der Waals surface area contributed by atoms with Crippen LogP contribution in [0.25, 0.3) is 5.57 Å². The summed E-state index contributed by atoms with van der Waals surface area (Å²) in [6, 6.07) is 14.3. The second-order valence-corrected chi connectivity index (χ2v) is 6.88. The van der Waals surface area contributed by atoms with Crippen LogP contribution in [-0.4, -0.2) is 5.92 Å². The number of hydrogen-bond acceptors (Lipinski definition) is 0. The van der Waals surface area contributed by atoms with E-state index >= 15 is 0 Å². The molecule has 1 aliphatic rings. The van der Waals surface area contributed by atoms with Gasteiger partial charge in [-0.3, -0.25) is 0 Å². The maximum atomic E-state index is 12.9. The molecule has 0 saturated heterocycles. The van der Waals surface area contributed by atoms with Crippen molar-refractivity contribution >= 4 is 28.8 Å². The third-order valence-electron chi connectivity index (χ3n) is 4.08. The fraction of sp³-hybridized carbons (Fsp3) is 0.300. The Morgan fingerprint density at radius 2 is 1.33 bits per heavy atom. The lowest BCUT2D eigenvalue weighted by Gasteiger charge is -2.09. The van der Waals surface area contributed by atoms with E-state index in [0.717, 1.165) is 16.2 Å². The Morgan fingerprint density at radius 1 is 0.958 bits per heavy atom. The van der Waals surface area contributed by atoms with Crippen LogP contribution < -0.4 is 0 Å². The highest BCUT2D eigenvalue weighted by Gasteiger charge is 2.68. The van der Waals surface area contributed by atoms with Crippen LogP contribution in [0.2, 0.25) is 10.0 Å². The maximum absolute atomic E-state index is 12.9. The largest absolute Gasteiger partial charge is 0.258 e. The van der Waals surface area contributed by atoms with Crippen LogP contribution in [0, 0.1) is 0 Å². The first-order chi connectivity index (χ1) is 10.7. The van der Waals surface area contributed by atoms with Crippen molar-refractivity contribution in [3.05, 3.63) is 76.3 Å². The molecule has 1 atom stereocenters. The molecule has 1 aliphatic carbocycles. The van der Waals surface area contributed by atoms with Crippen LogP contribution in [-0.2, 0) is 5.41 Å². The number of benzene rings is 2. The minimum absolute atomic E-state index is 0. The summed E-state index contributed by atoms with van der Waals surface area (Å²) in [5.74, 6) is -2.54. The summed E-state index contributed by atoms with van der Waals surface area (Å²) in [4.78, 5) is 0. The zero-order valence-corrected chi connectivity index (χ0v) is 14.6. The lowest BCUT2D eigenvalue weighted by Crippen LogP contribution is -2.11. The molecule has 130 valence electrons. The molecule has 24 heavy (non-hydrogen) atoms. The summed E-state index contributed by atoms with van der Waals surface area (Å²) in [5.41, 5.74) is 1.92. The van der Waals surface area contributed by atoms with E-state index in [9.17, 15) is 8.78 Å². The third-order valence-corrected chi connectivity index (χ3v) is 4.58. The maximum Gasteiger partial charge on any atom is 0.258 e. The van der Waals surface area contributed by atoms with Gasteiger partial charge in [0.25, 0.3) is 5.92 Å². The van der Waals surface area contributed by atoms with Crippen molar-refractivity contribution in [1.29, 1.82) is 0 Å². The summed E-state index contributed by atoms with van der Waals surface area (Å²) in [6.07, 6.45) is -0.0539. The van der Waals surface area contributed by atoms with Gasteiger partial charge in [0.1, 0.15) is 0 Å². The molecule has 0 spiro atoms. The Kier molecular flexibility index (Phi) is 6.60. The van der Waals surface area contributed by atoms with Gasteiger partial charge >= 0.3 is 0 Å². The van der Waals surface area contributed by atoms with E-state index in [-0.39, 0.29) is 13.8 Å². The quantitative estimate of drug-likeness (QED) is 0.509. The van der Waals surface area contributed by atoms with Gasteiger partial charge in [0.05, 0.1) is 5.41 Å². The Balaban J connectivity index is 0.000000238. The highest BCUT2D eigenvalue weighted by molar-refractivity contribution is 6.30. The predicted octanol–water partition coefficient (Wildman–Crippen LogP) is 7.65. The van der Waals surface area contributed by atoms with Gasteiger partial charge < -0.3 is 0 Å². The lowest BCUT2D eigenvalue weighted by molar-refractivity contribution is 0.0920. The minimum atomic E-state index is -2.54. The van der Waals surface area contributed by atoms with Gasteiger partial charge in [-0.1, -0.05) is 67.0 Å². The number of hydrogen-bond donors (Lipinski definition) is 0. The first-order valence-corrected chi connectivity index (χ1v) is 7.97. The van der Waals surface area contributed by atoms with Gasteiger partial charge in [-0.15, -0.1) is 0 Å². The molecule has 1 unspecified atom stereocenters. The molecule has 4 heteroatoms. The Morgan fingerprint density at radius 3 is 1.67 bits per heavy atom. The third kappa shape index (κ3) is 4.58. The average Bonchev–Trinajstić information content (AvgIpc) is 3.00. The van der Waals surface area contributed by atoms with Crippen LogP contribution in [0.5, 0.6) is 0 Å². The van der Waals surface area contributed by atoms with Crippen molar-refractivity contribution in [3.63, 3.8) is 0 Å². The monoisotopic (exact) mass is 370 g/mol. The van der Waals surface area contributed by atoms with E-state index in [1.165, 1.54) is 0 Å². The molecule has 0 nitrogen and oxygen atoms in total. The van der Waals surface area contributed by atoms with Crippen LogP contribution in [0.1, 0.15) is 38.8 Å². The predicted molar refractivity (Wildman–Crippen MR) is 101 cm³/mol. The fourth-order valence-corrected chi connectivity index (χ4v) is 2.52. The van der Waals surface area contributed by atoms with E-state index in [1.54, 1.807) is 31.2 Å². The van der Waals surface area contributed by atoms with Crippen molar-refractivity contribution in [1.82, 2.24) is 0 Å². The molecule has 0 aromatic heterocycles. The van der Waals surface area contributed by atoms with Gasteiger partial charge in [0.2, 0.25) is 0 Å². The van der Waals surface area contributed by atoms with Crippen molar-refractivity contribution in [2.75, 3.05) is 0 Å². The second-order valence-electron chi connectivity index (χ2n) is 6.01. The summed E-state index contributed by atoms with van der Waals surface area (Å²) >= 11 is 11.4. The summed E-state index contributed by atoms with van der Waals surface area (Å²) < 4.78 is 25.9. The molecule has 2 aromatic carbocycles. The molecule has 2 aromatic rings. The normalized spacial score (nSPS) is 20.2. The molecule has 1 saturated carbocycles. The lowest BCUT2D eigenvalue weighted by atomic mass is 9.98. The van der Waals surface area contributed by atoms with E-state index in [0.29, 0.717) is 10.6 Å². The van der Waals surface area contributed by atoms with Gasteiger partial charge in [0, 0.05) is 16.5 Å². The Labute approximate surface area is 153 Å². The zero-order valence-electron chi connectivity index (χ0n) is 13.0.